The number of rotatable bonds is 2. The largest absolute Gasteiger partial charge is 0.496 e. The summed E-state index contributed by atoms with van der Waals surface area (Å²) in [6.45, 7) is 0. The molecule has 3 nitrogen and oxygen atoms in total. The Hall–Kier alpha value is -1.72. The maximum atomic E-state index is 14.1. The van der Waals surface area contributed by atoms with Gasteiger partial charge in [0.2, 0.25) is 0 Å². The minimum absolute atomic E-state index is 0.189. The van der Waals surface area contributed by atoms with E-state index in [-0.39, 0.29) is 16.5 Å². The van der Waals surface area contributed by atoms with Crippen LogP contribution in [0.1, 0.15) is 0 Å². The van der Waals surface area contributed by atoms with E-state index in [1.54, 1.807) is 12.1 Å². The van der Waals surface area contributed by atoms with Gasteiger partial charge < -0.3 is 4.74 Å². The number of benzene rings is 2. The summed E-state index contributed by atoms with van der Waals surface area (Å²) in [6.07, 6.45) is 0. The summed E-state index contributed by atoms with van der Waals surface area (Å²) in [6, 6.07) is 10.0. The molecule has 0 spiro atoms. The summed E-state index contributed by atoms with van der Waals surface area (Å²) < 4.78 is 20.1. The van der Waals surface area contributed by atoms with Crippen LogP contribution in [0.4, 0.5) is 4.39 Å². The highest BCUT2D eigenvalue weighted by molar-refractivity contribution is 9.10. The lowest BCUT2D eigenvalue weighted by Crippen LogP contribution is -1.98. The highest BCUT2D eigenvalue weighted by Gasteiger charge is 2.17. The lowest BCUT2D eigenvalue weighted by Gasteiger charge is -2.10. The van der Waals surface area contributed by atoms with E-state index in [1.807, 2.05) is 18.2 Å². The fraction of sp³-hybridized carbons (Fsp3) is 0.0667. The van der Waals surface area contributed by atoms with Gasteiger partial charge in [-0.15, -0.1) is 0 Å². The van der Waals surface area contributed by atoms with Crippen molar-refractivity contribution in [3.63, 3.8) is 0 Å². The van der Waals surface area contributed by atoms with Crippen LogP contribution in [0.5, 0.6) is 5.75 Å². The second-order valence-electron chi connectivity index (χ2n) is 4.29. The number of para-hydroxylation sites is 1. The van der Waals surface area contributed by atoms with Crippen LogP contribution in [0.3, 0.4) is 0 Å². The average Bonchev–Trinajstić information content (AvgIpc) is 2.48. The molecule has 6 heteroatoms. The molecule has 0 aliphatic rings. The van der Waals surface area contributed by atoms with Gasteiger partial charge in [0.1, 0.15) is 16.7 Å². The van der Waals surface area contributed by atoms with Crippen molar-refractivity contribution in [2.45, 2.75) is 0 Å². The van der Waals surface area contributed by atoms with Gasteiger partial charge in [0.25, 0.3) is 0 Å². The highest BCUT2D eigenvalue weighted by Crippen LogP contribution is 2.34. The molecule has 0 bridgehead atoms. The molecule has 0 N–H and O–H groups in total. The van der Waals surface area contributed by atoms with Crippen LogP contribution in [0.2, 0.25) is 5.15 Å². The van der Waals surface area contributed by atoms with Crippen molar-refractivity contribution < 1.29 is 9.13 Å². The fourth-order valence-electron chi connectivity index (χ4n) is 2.08. The SMILES string of the molecule is COc1cccc(F)c1-c1nc(Cl)c2cccc(Br)c2n1. The van der Waals surface area contributed by atoms with Gasteiger partial charge in [0, 0.05) is 9.86 Å². The lowest BCUT2D eigenvalue weighted by atomic mass is 10.1. The Bertz CT molecular complexity index is 841. The average molecular weight is 368 g/mol. The molecule has 0 aliphatic heterocycles. The van der Waals surface area contributed by atoms with E-state index in [1.165, 1.54) is 13.2 Å². The number of ether oxygens (including phenoxy) is 1. The number of aromatic nitrogens is 2. The molecule has 0 saturated carbocycles. The summed E-state index contributed by atoms with van der Waals surface area (Å²) in [5, 5.41) is 0.965. The Kier molecular flexibility index (Phi) is 3.78. The number of methoxy groups -OCH3 is 1. The van der Waals surface area contributed by atoms with Gasteiger partial charge in [-0.25, -0.2) is 14.4 Å². The van der Waals surface area contributed by atoms with Crippen LogP contribution >= 0.6 is 27.5 Å². The topological polar surface area (TPSA) is 35.0 Å². The van der Waals surface area contributed by atoms with Gasteiger partial charge in [-0.3, -0.25) is 0 Å². The maximum Gasteiger partial charge on any atom is 0.168 e. The summed E-state index contributed by atoms with van der Waals surface area (Å²) in [4.78, 5) is 8.61. The molecule has 21 heavy (non-hydrogen) atoms. The molecule has 0 radical (unpaired) electrons. The molecular weight excluding hydrogens is 359 g/mol. The Labute approximate surface area is 133 Å². The zero-order valence-corrected chi connectivity index (χ0v) is 13.2. The van der Waals surface area contributed by atoms with Crippen LogP contribution in [0.15, 0.2) is 40.9 Å². The fourth-order valence-corrected chi connectivity index (χ4v) is 2.77. The van der Waals surface area contributed by atoms with E-state index < -0.39 is 5.82 Å². The van der Waals surface area contributed by atoms with E-state index in [9.17, 15) is 4.39 Å². The van der Waals surface area contributed by atoms with Crippen LogP contribution in [0.25, 0.3) is 22.3 Å². The smallest absolute Gasteiger partial charge is 0.168 e. The standard InChI is InChI=1S/C15H9BrClFN2O/c1-21-11-7-3-6-10(18)12(11)15-19-13-8(14(17)20-15)4-2-5-9(13)16/h2-7H,1H3. The second-order valence-corrected chi connectivity index (χ2v) is 5.50. The minimum Gasteiger partial charge on any atom is -0.496 e. The van der Waals surface area contributed by atoms with Crippen molar-refractivity contribution in [1.82, 2.24) is 9.97 Å². The number of fused-ring (bicyclic) bond motifs is 1. The van der Waals surface area contributed by atoms with Crippen molar-refractivity contribution in [2.24, 2.45) is 0 Å². The summed E-state index contributed by atoms with van der Waals surface area (Å²) in [7, 11) is 1.47. The first-order valence-electron chi connectivity index (χ1n) is 6.06. The quantitative estimate of drug-likeness (QED) is 0.607. The van der Waals surface area contributed by atoms with Crippen LogP contribution in [-0.2, 0) is 0 Å². The second kappa shape index (κ2) is 5.58. The first kappa shape index (κ1) is 14.2. The third-order valence-electron chi connectivity index (χ3n) is 3.05. The zero-order valence-electron chi connectivity index (χ0n) is 10.9. The predicted molar refractivity (Wildman–Crippen MR) is 84.2 cm³/mol. The molecular formula is C15H9BrClFN2O. The Morgan fingerprint density at radius 1 is 1.14 bits per heavy atom. The van der Waals surface area contributed by atoms with Gasteiger partial charge in [0.15, 0.2) is 5.82 Å². The molecule has 3 rings (SSSR count). The van der Waals surface area contributed by atoms with E-state index in [0.29, 0.717) is 16.7 Å². The number of hydrogen-bond donors (Lipinski definition) is 0. The van der Waals surface area contributed by atoms with Gasteiger partial charge in [-0.1, -0.05) is 23.7 Å². The summed E-state index contributed by atoms with van der Waals surface area (Å²) in [5.74, 6) is 0.0867. The zero-order chi connectivity index (χ0) is 15.0. The molecule has 0 aliphatic carbocycles. The third kappa shape index (κ3) is 2.47. The van der Waals surface area contributed by atoms with Gasteiger partial charge >= 0.3 is 0 Å². The van der Waals surface area contributed by atoms with Crippen LogP contribution in [0, 0.1) is 5.82 Å². The van der Waals surface area contributed by atoms with E-state index in [4.69, 9.17) is 16.3 Å². The van der Waals surface area contributed by atoms with Crippen molar-refractivity contribution in [3.8, 4) is 17.1 Å². The molecule has 1 heterocycles. The van der Waals surface area contributed by atoms with E-state index >= 15 is 0 Å². The number of nitrogens with zero attached hydrogens (tertiary/aromatic N) is 2. The Balaban J connectivity index is 2.34. The van der Waals surface area contributed by atoms with Crippen molar-refractivity contribution >= 4 is 38.4 Å². The number of halogens is 3. The molecule has 0 unspecified atom stereocenters. The third-order valence-corrected chi connectivity index (χ3v) is 3.98. The van der Waals surface area contributed by atoms with E-state index in [2.05, 4.69) is 25.9 Å². The normalized spacial score (nSPS) is 10.9. The Morgan fingerprint density at radius 3 is 2.67 bits per heavy atom. The summed E-state index contributed by atoms with van der Waals surface area (Å²) >= 11 is 9.61. The van der Waals surface area contributed by atoms with E-state index in [0.717, 1.165) is 4.47 Å². The first-order chi connectivity index (χ1) is 10.1. The maximum absolute atomic E-state index is 14.1. The Morgan fingerprint density at radius 2 is 1.90 bits per heavy atom. The lowest BCUT2D eigenvalue weighted by molar-refractivity contribution is 0.413. The molecule has 1 aromatic heterocycles. The van der Waals surface area contributed by atoms with Gasteiger partial charge in [0.05, 0.1) is 18.2 Å². The van der Waals surface area contributed by atoms with Gasteiger partial charge in [-0.05, 0) is 40.2 Å². The molecule has 0 saturated heterocycles. The molecule has 0 atom stereocenters. The van der Waals surface area contributed by atoms with Crippen molar-refractivity contribution in [3.05, 3.63) is 51.8 Å². The predicted octanol–water partition coefficient (Wildman–Crippen LogP) is 4.86. The number of hydrogen-bond acceptors (Lipinski definition) is 3. The molecule has 0 amide bonds. The molecule has 2 aromatic carbocycles. The van der Waals surface area contributed by atoms with Crippen LogP contribution in [-0.4, -0.2) is 17.1 Å². The molecule has 0 fully saturated rings. The first-order valence-corrected chi connectivity index (χ1v) is 7.23. The minimum atomic E-state index is -0.461. The van der Waals surface area contributed by atoms with Crippen molar-refractivity contribution in [2.75, 3.05) is 7.11 Å². The molecule has 106 valence electrons. The molecule has 3 aromatic rings. The van der Waals surface area contributed by atoms with Crippen LogP contribution < -0.4 is 4.74 Å². The van der Waals surface area contributed by atoms with Crippen molar-refractivity contribution in [1.29, 1.82) is 0 Å². The summed E-state index contributed by atoms with van der Waals surface area (Å²) in [5.41, 5.74) is 0.817. The van der Waals surface area contributed by atoms with Gasteiger partial charge in [-0.2, -0.15) is 0 Å². The monoisotopic (exact) mass is 366 g/mol. The highest BCUT2D eigenvalue weighted by atomic mass is 79.9.